The van der Waals surface area contributed by atoms with Crippen LogP contribution in [0.2, 0.25) is 0 Å². The van der Waals surface area contributed by atoms with E-state index in [1.807, 2.05) is 30.3 Å². The maximum atomic E-state index is 13.3. The molecule has 1 heterocycles. The third-order valence-corrected chi connectivity index (χ3v) is 3.37. The molecule has 2 aromatic carbocycles. The fourth-order valence-electron chi connectivity index (χ4n) is 2.43. The van der Waals surface area contributed by atoms with Gasteiger partial charge in [0.25, 0.3) is 0 Å². The van der Waals surface area contributed by atoms with E-state index >= 15 is 0 Å². The van der Waals surface area contributed by atoms with Crippen molar-refractivity contribution in [2.45, 2.75) is 12.1 Å². The van der Waals surface area contributed by atoms with Crippen LogP contribution in [-0.2, 0) is 4.79 Å². The third kappa shape index (κ3) is 1.90. The molecule has 0 spiro atoms. The van der Waals surface area contributed by atoms with Crippen LogP contribution >= 0.6 is 0 Å². The molecule has 0 bridgehead atoms. The van der Waals surface area contributed by atoms with E-state index in [0.717, 1.165) is 5.56 Å². The maximum absolute atomic E-state index is 13.3. The summed E-state index contributed by atoms with van der Waals surface area (Å²) in [7, 11) is 0. The monoisotopic (exact) mass is 256 g/mol. The number of β-lactam (4-membered cyclic amide) rings is 1. The largest absolute Gasteiger partial charge is 0.318 e. The van der Waals surface area contributed by atoms with Gasteiger partial charge < -0.3 is 10.6 Å². The van der Waals surface area contributed by atoms with Gasteiger partial charge in [0, 0.05) is 5.69 Å². The SMILES string of the molecule is N[C@H]1C(=O)N(c2cccc(F)c2)[C@H]1c1ccccc1. The van der Waals surface area contributed by atoms with Gasteiger partial charge >= 0.3 is 0 Å². The molecule has 1 aliphatic rings. The number of benzene rings is 2. The number of amides is 1. The van der Waals surface area contributed by atoms with E-state index in [4.69, 9.17) is 5.73 Å². The molecule has 1 fully saturated rings. The van der Waals surface area contributed by atoms with Gasteiger partial charge in [-0.15, -0.1) is 0 Å². The quantitative estimate of drug-likeness (QED) is 0.838. The summed E-state index contributed by atoms with van der Waals surface area (Å²) in [6.45, 7) is 0. The molecule has 2 aromatic rings. The molecule has 0 saturated carbocycles. The number of anilines is 1. The van der Waals surface area contributed by atoms with Crippen molar-refractivity contribution in [3.8, 4) is 0 Å². The molecule has 2 atom stereocenters. The van der Waals surface area contributed by atoms with Crippen molar-refractivity contribution in [1.82, 2.24) is 0 Å². The first kappa shape index (κ1) is 11.9. The summed E-state index contributed by atoms with van der Waals surface area (Å²) in [5, 5.41) is 0. The number of rotatable bonds is 2. The Kier molecular flexibility index (Phi) is 2.80. The number of hydrogen-bond donors (Lipinski definition) is 1. The second kappa shape index (κ2) is 4.48. The summed E-state index contributed by atoms with van der Waals surface area (Å²) in [4.78, 5) is 13.5. The van der Waals surface area contributed by atoms with Gasteiger partial charge in [-0.1, -0.05) is 36.4 Å². The summed E-state index contributed by atoms with van der Waals surface area (Å²) < 4.78 is 13.3. The number of nitrogens with two attached hydrogens (primary N) is 1. The number of hydrogen-bond acceptors (Lipinski definition) is 2. The highest BCUT2D eigenvalue weighted by atomic mass is 19.1. The molecule has 1 saturated heterocycles. The van der Waals surface area contributed by atoms with Crippen LogP contribution in [0.15, 0.2) is 54.6 Å². The van der Waals surface area contributed by atoms with Gasteiger partial charge in [-0.2, -0.15) is 0 Å². The topological polar surface area (TPSA) is 46.3 Å². The second-order valence-electron chi connectivity index (χ2n) is 4.57. The third-order valence-electron chi connectivity index (χ3n) is 3.37. The van der Waals surface area contributed by atoms with E-state index in [-0.39, 0.29) is 17.8 Å². The lowest BCUT2D eigenvalue weighted by Gasteiger charge is -2.45. The van der Waals surface area contributed by atoms with Crippen molar-refractivity contribution in [2.75, 3.05) is 4.90 Å². The van der Waals surface area contributed by atoms with Crippen LogP contribution < -0.4 is 10.6 Å². The molecule has 19 heavy (non-hydrogen) atoms. The van der Waals surface area contributed by atoms with Gasteiger partial charge in [-0.25, -0.2) is 4.39 Å². The first-order valence-electron chi connectivity index (χ1n) is 6.07. The standard InChI is InChI=1S/C15H13FN2O/c16-11-7-4-8-12(9-11)18-14(13(17)15(18)19)10-5-2-1-3-6-10/h1-9,13-14H,17H2/t13-,14+/m1/s1. The normalized spacial score (nSPS) is 22.2. The molecule has 0 aromatic heterocycles. The van der Waals surface area contributed by atoms with Crippen LogP contribution in [0.5, 0.6) is 0 Å². The Morgan fingerprint density at radius 2 is 1.79 bits per heavy atom. The van der Waals surface area contributed by atoms with E-state index in [9.17, 15) is 9.18 Å². The molecule has 0 aliphatic carbocycles. The molecule has 2 N–H and O–H groups in total. The molecule has 1 aliphatic heterocycles. The van der Waals surface area contributed by atoms with Gasteiger partial charge in [0.1, 0.15) is 11.9 Å². The zero-order valence-corrected chi connectivity index (χ0v) is 10.2. The molecule has 0 unspecified atom stereocenters. The van der Waals surface area contributed by atoms with E-state index in [1.165, 1.54) is 12.1 Å². The van der Waals surface area contributed by atoms with Crippen molar-refractivity contribution in [1.29, 1.82) is 0 Å². The summed E-state index contributed by atoms with van der Waals surface area (Å²) in [5.41, 5.74) is 7.38. The number of carbonyl (C=O) groups is 1. The molecule has 3 nitrogen and oxygen atoms in total. The molecular formula is C15H13FN2O. The minimum absolute atomic E-state index is 0.181. The van der Waals surface area contributed by atoms with Crippen molar-refractivity contribution in [3.05, 3.63) is 66.0 Å². The molecule has 4 heteroatoms. The Balaban J connectivity index is 1.98. The minimum Gasteiger partial charge on any atom is -0.318 e. The van der Waals surface area contributed by atoms with Gasteiger partial charge in [-0.3, -0.25) is 4.79 Å². The van der Waals surface area contributed by atoms with Crippen LogP contribution in [0.3, 0.4) is 0 Å². The predicted octanol–water partition coefficient (Wildman–Crippen LogP) is 2.24. The number of carbonyl (C=O) groups excluding carboxylic acids is 1. The van der Waals surface area contributed by atoms with E-state index in [1.54, 1.807) is 17.0 Å². The van der Waals surface area contributed by atoms with Crippen molar-refractivity contribution >= 4 is 11.6 Å². The Morgan fingerprint density at radius 3 is 2.47 bits per heavy atom. The Morgan fingerprint density at radius 1 is 1.05 bits per heavy atom. The molecule has 96 valence electrons. The van der Waals surface area contributed by atoms with Crippen molar-refractivity contribution in [2.24, 2.45) is 5.73 Å². The van der Waals surface area contributed by atoms with Gasteiger partial charge in [-0.05, 0) is 23.8 Å². The number of halogens is 1. The zero-order valence-electron chi connectivity index (χ0n) is 10.2. The minimum atomic E-state index is -0.564. The van der Waals surface area contributed by atoms with Crippen LogP contribution in [0.4, 0.5) is 10.1 Å². The van der Waals surface area contributed by atoms with E-state index < -0.39 is 6.04 Å². The molecule has 1 amide bonds. The van der Waals surface area contributed by atoms with Crippen LogP contribution in [0, 0.1) is 5.82 Å². The Bertz CT molecular complexity index is 615. The van der Waals surface area contributed by atoms with Gasteiger partial charge in [0.05, 0.1) is 6.04 Å². The Hall–Kier alpha value is -2.20. The first-order chi connectivity index (χ1) is 9.18. The smallest absolute Gasteiger partial charge is 0.247 e. The first-order valence-corrected chi connectivity index (χ1v) is 6.07. The van der Waals surface area contributed by atoms with E-state index in [2.05, 4.69) is 0 Å². The lowest BCUT2D eigenvalue weighted by molar-refractivity contribution is -0.126. The van der Waals surface area contributed by atoms with Crippen LogP contribution in [-0.4, -0.2) is 11.9 Å². The Labute approximate surface area is 110 Å². The highest BCUT2D eigenvalue weighted by molar-refractivity contribution is 6.05. The molecular weight excluding hydrogens is 243 g/mol. The van der Waals surface area contributed by atoms with Gasteiger partial charge in [0.15, 0.2) is 0 Å². The number of nitrogens with zero attached hydrogens (tertiary/aromatic N) is 1. The van der Waals surface area contributed by atoms with Crippen molar-refractivity contribution in [3.63, 3.8) is 0 Å². The lowest BCUT2D eigenvalue weighted by atomic mass is 9.88. The maximum Gasteiger partial charge on any atom is 0.247 e. The lowest BCUT2D eigenvalue weighted by Crippen LogP contribution is -2.63. The zero-order chi connectivity index (χ0) is 13.4. The highest BCUT2D eigenvalue weighted by Crippen LogP contribution is 2.38. The van der Waals surface area contributed by atoms with E-state index in [0.29, 0.717) is 5.69 Å². The summed E-state index contributed by atoms with van der Waals surface area (Å²) >= 11 is 0. The summed E-state index contributed by atoms with van der Waals surface area (Å²) in [5.74, 6) is -0.544. The fourth-order valence-corrected chi connectivity index (χ4v) is 2.43. The van der Waals surface area contributed by atoms with Crippen molar-refractivity contribution < 1.29 is 9.18 Å². The predicted molar refractivity (Wildman–Crippen MR) is 71.0 cm³/mol. The van der Waals surface area contributed by atoms with Crippen LogP contribution in [0.1, 0.15) is 11.6 Å². The molecule has 3 rings (SSSR count). The fraction of sp³-hybridized carbons (Fsp3) is 0.133. The molecule has 0 radical (unpaired) electrons. The van der Waals surface area contributed by atoms with Crippen LogP contribution in [0.25, 0.3) is 0 Å². The second-order valence-corrected chi connectivity index (χ2v) is 4.57. The average molecular weight is 256 g/mol. The highest BCUT2D eigenvalue weighted by Gasteiger charge is 2.46. The summed E-state index contributed by atoms with van der Waals surface area (Å²) in [6, 6.07) is 14.7. The average Bonchev–Trinajstić information content (AvgIpc) is 2.44. The van der Waals surface area contributed by atoms with Gasteiger partial charge in [0.2, 0.25) is 5.91 Å². The summed E-state index contributed by atoms with van der Waals surface area (Å²) in [6.07, 6.45) is 0.